The second-order valence-corrected chi connectivity index (χ2v) is 9.94. The van der Waals surface area contributed by atoms with Crippen molar-refractivity contribution >= 4 is 11.4 Å². The van der Waals surface area contributed by atoms with Crippen molar-refractivity contribution in [2.24, 2.45) is 20.7 Å². The minimum Gasteiger partial charge on any atom is -0.457 e. The monoisotopic (exact) mass is 576 g/mol. The summed E-state index contributed by atoms with van der Waals surface area (Å²) in [5, 5.41) is 19.1. The molecule has 8 nitrogen and oxygen atoms in total. The highest BCUT2D eigenvalue weighted by Crippen LogP contribution is 2.47. The van der Waals surface area contributed by atoms with E-state index in [0.717, 1.165) is 0 Å². The Kier molecular flexibility index (Phi) is 9.09. The molecule has 0 aliphatic rings. The second kappa shape index (κ2) is 12.7. The Hall–Kier alpha value is -4.93. The zero-order valence-corrected chi connectivity index (χ0v) is 23.9. The molecule has 0 saturated carbocycles. The largest absolute Gasteiger partial charge is 0.457 e. The quantitative estimate of drug-likeness (QED) is 0.139. The van der Waals surface area contributed by atoms with Crippen LogP contribution in [0.2, 0.25) is 0 Å². The summed E-state index contributed by atoms with van der Waals surface area (Å²) >= 11 is 0. The highest BCUT2D eigenvalue weighted by atomic mass is 19.4. The van der Waals surface area contributed by atoms with Crippen LogP contribution in [0.1, 0.15) is 18.1 Å². The normalized spacial score (nSPS) is 13.2. The van der Waals surface area contributed by atoms with Gasteiger partial charge in [0, 0.05) is 28.2 Å². The molecular weight excluding hydrogens is 545 g/mol. The average molecular weight is 577 g/mol. The molecule has 0 spiro atoms. The van der Waals surface area contributed by atoms with Gasteiger partial charge in [0.15, 0.2) is 0 Å². The third-order valence-corrected chi connectivity index (χ3v) is 6.25. The molecule has 0 saturated heterocycles. The van der Waals surface area contributed by atoms with E-state index in [1.165, 1.54) is 55.5 Å². The Morgan fingerprint density at radius 2 is 0.786 bits per heavy atom. The van der Waals surface area contributed by atoms with E-state index in [1.54, 1.807) is 86.7 Å². The topological polar surface area (TPSA) is 74.4 Å². The first kappa shape index (κ1) is 30.0. The lowest BCUT2D eigenvalue weighted by Crippen LogP contribution is -2.40. The van der Waals surface area contributed by atoms with Crippen LogP contribution >= 0.6 is 0 Å². The Balaban J connectivity index is 1.49. The number of ether oxygens (including phenoxy) is 2. The van der Waals surface area contributed by atoms with Gasteiger partial charge < -0.3 is 9.47 Å². The van der Waals surface area contributed by atoms with Crippen LogP contribution < -0.4 is 9.47 Å². The van der Waals surface area contributed by atoms with Crippen LogP contribution in [0.5, 0.6) is 23.0 Å². The predicted octanol–water partition coefficient (Wildman–Crippen LogP) is 9.26. The van der Waals surface area contributed by atoms with Crippen LogP contribution in [0.4, 0.5) is 24.5 Å². The van der Waals surface area contributed by atoms with Crippen molar-refractivity contribution in [2.45, 2.75) is 18.5 Å². The Morgan fingerprint density at radius 1 is 0.500 bits per heavy atom. The third-order valence-electron chi connectivity index (χ3n) is 6.25. The molecule has 0 aliphatic heterocycles. The van der Waals surface area contributed by atoms with Gasteiger partial charge in [0.2, 0.25) is 0 Å². The molecule has 4 aromatic carbocycles. The number of nitrogens with zero attached hydrogens (tertiary/aromatic N) is 6. The van der Waals surface area contributed by atoms with Gasteiger partial charge in [-0.3, -0.25) is 10.0 Å². The highest BCUT2D eigenvalue weighted by molar-refractivity contribution is 5.47. The van der Waals surface area contributed by atoms with Crippen molar-refractivity contribution in [3.63, 3.8) is 0 Å². The van der Waals surface area contributed by atoms with Crippen molar-refractivity contribution in [3.05, 3.63) is 108 Å². The highest BCUT2D eigenvalue weighted by Gasteiger charge is 2.53. The van der Waals surface area contributed by atoms with E-state index in [0.29, 0.717) is 34.4 Å². The van der Waals surface area contributed by atoms with E-state index >= 15 is 0 Å². The first-order chi connectivity index (χ1) is 19.9. The SMILES string of the molecule is CN(C)N=Nc1ccc(Oc2ccc(C(C)(c3ccc(Oc4ccc(N=NN(C)C)cc4)cc3)C(F)(F)F)cc2)cc1. The molecule has 218 valence electrons. The zero-order valence-electron chi connectivity index (χ0n) is 23.9. The van der Waals surface area contributed by atoms with Crippen LogP contribution in [0.25, 0.3) is 0 Å². The van der Waals surface area contributed by atoms with Crippen LogP contribution in [0.3, 0.4) is 0 Å². The minimum atomic E-state index is -4.56. The molecular formula is C31H31F3N6O2. The predicted molar refractivity (Wildman–Crippen MR) is 155 cm³/mol. The van der Waals surface area contributed by atoms with Crippen LogP contribution in [0, 0.1) is 0 Å². The average Bonchev–Trinajstić information content (AvgIpc) is 2.96. The molecule has 4 rings (SSSR count). The van der Waals surface area contributed by atoms with Gasteiger partial charge in [-0.15, -0.1) is 10.2 Å². The summed E-state index contributed by atoms with van der Waals surface area (Å²) in [5.74, 6) is 1.86. The molecule has 0 bridgehead atoms. The van der Waals surface area contributed by atoms with Gasteiger partial charge in [0.05, 0.1) is 11.4 Å². The maximum Gasteiger partial charge on any atom is 0.402 e. The lowest BCUT2D eigenvalue weighted by Gasteiger charge is -2.33. The van der Waals surface area contributed by atoms with Gasteiger partial charge >= 0.3 is 6.18 Å². The summed E-state index contributed by atoms with van der Waals surface area (Å²) in [5.41, 5.74) is -0.813. The van der Waals surface area contributed by atoms with E-state index in [2.05, 4.69) is 20.7 Å². The molecule has 42 heavy (non-hydrogen) atoms. The summed E-state index contributed by atoms with van der Waals surface area (Å²) in [6, 6.07) is 25.6. The number of halogens is 3. The smallest absolute Gasteiger partial charge is 0.402 e. The Bertz CT molecular complexity index is 1390. The lowest BCUT2D eigenvalue weighted by atomic mass is 9.75. The van der Waals surface area contributed by atoms with Crippen molar-refractivity contribution in [2.75, 3.05) is 28.2 Å². The summed E-state index contributed by atoms with van der Waals surface area (Å²) in [7, 11) is 7.06. The first-order valence-corrected chi connectivity index (χ1v) is 13.0. The molecule has 0 atom stereocenters. The Morgan fingerprint density at radius 3 is 1.05 bits per heavy atom. The number of hydrogen-bond acceptors (Lipinski definition) is 6. The number of benzene rings is 4. The fraction of sp³-hybridized carbons (Fsp3) is 0.226. The fourth-order valence-corrected chi connectivity index (χ4v) is 3.92. The fourth-order valence-electron chi connectivity index (χ4n) is 3.92. The van der Waals surface area contributed by atoms with Gasteiger partial charge in [0.1, 0.15) is 28.4 Å². The van der Waals surface area contributed by atoms with Gasteiger partial charge in [-0.25, -0.2) is 0 Å². The maximum absolute atomic E-state index is 14.6. The number of alkyl halides is 3. The van der Waals surface area contributed by atoms with E-state index in [4.69, 9.17) is 9.47 Å². The van der Waals surface area contributed by atoms with Crippen molar-refractivity contribution in [3.8, 4) is 23.0 Å². The number of hydrogen-bond donors (Lipinski definition) is 0. The molecule has 0 heterocycles. The maximum atomic E-state index is 14.6. The summed E-state index contributed by atoms with van der Waals surface area (Å²) < 4.78 is 55.4. The Labute approximate surface area is 242 Å². The summed E-state index contributed by atoms with van der Waals surface area (Å²) in [4.78, 5) is 0. The first-order valence-electron chi connectivity index (χ1n) is 13.0. The molecule has 0 fully saturated rings. The summed E-state index contributed by atoms with van der Waals surface area (Å²) in [6.45, 7) is 1.17. The minimum absolute atomic E-state index is 0.0814. The standard InChI is InChI=1S/C31H31F3N6O2/c1-30(31(32,33)34,22-6-14-26(15-7-22)41-28-18-10-24(11-19-28)35-37-39(2)3)23-8-16-27(17-9-23)42-29-20-12-25(13-21-29)36-38-40(4)5/h6-21H,1-5H3. The van der Waals surface area contributed by atoms with E-state index < -0.39 is 11.6 Å². The van der Waals surface area contributed by atoms with E-state index in [9.17, 15) is 13.2 Å². The van der Waals surface area contributed by atoms with E-state index in [1.807, 2.05) is 0 Å². The molecule has 0 unspecified atom stereocenters. The molecule has 0 radical (unpaired) electrons. The molecule has 0 aliphatic carbocycles. The summed E-state index contributed by atoms with van der Waals surface area (Å²) in [6.07, 6.45) is -4.56. The molecule has 4 aromatic rings. The van der Waals surface area contributed by atoms with Gasteiger partial charge in [-0.05, 0) is 90.8 Å². The van der Waals surface area contributed by atoms with Crippen molar-refractivity contribution in [1.29, 1.82) is 0 Å². The molecule has 0 aromatic heterocycles. The molecule has 11 heteroatoms. The van der Waals surface area contributed by atoms with E-state index in [-0.39, 0.29) is 11.1 Å². The van der Waals surface area contributed by atoms with Gasteiger partial charge in [-0.2, -0.15) is 13.2 Å². The lowest BCUT2D eigenvalue weighted by molar-refractivity contribution is -0.173. The third kappa shape index (κ3) is 7.42. The zero-order chi connectivity index (χ0) is 30.3. The van der Waals surface area contributed by atoms with Gasteiger partial charge in [0.25, 0.3) is 0 Å². The van der Waals surface area contributed by atoms with Crippen LogP contribution in [-0.2, 0) is 5.41 Å². The number of rotatable bonds is 10. The second-order valence-electron chi connectivity index (χ2n) is 9.94. The molecule has 0 amide bonds. The van der Waals surface area contributed by atoms with Crippen LogP contribution in [-0.4, -0.2) is 44.4 Å². The van der Waals surface area contributed by atoms with Gasteiger partial charge in [-0.1, -0.05) is 34.7 Å². The van der Waals surface area contributed by atoms with Crippen LogP contribution in [0.15, 0.2) is 118 Å². The van der Waals surface area contributed by atoms with Crippen molar-refractivity contribution in [1.82, 2.24) is 10.0 Å². The molecule has 0 N–H and O–H groups in total. The van der Waals surface area contributed by atoms with Crippen molar-refractivity contribution < 1.29 is 22.6 Å².